The first-order valence-corrected chi connectivity index (χ1v) is 9.48. The van der Waals surface area contributed by atoms with Crippen LogP contribution in [0.15, 0.2) is 54.7 Å². The highest BCUT2D eigenvalue weighted by Gasteiger charge is 2.14. The van der Waals surface area contributed by atoms with Gasteiger partial charge in [0.05, 0.1) is 6.42 Å². The number of hydrogen-bond donors (Lipinski definition) is 0. The van der Waals surface area contributed by atoms with E-state index >= 15 is 0 Å². The van der Waals surface area contributed by atoms with E-state index in [4.69, 9.17) is 12.8 Å². The number of aryl methyl sites for hydroxylation is 2. The predicted molar refractivity (Wildman–Crippen MR) is 115 cm³/mol. The van der Waals surface area contributed by atoms with Crippen LogP contribution in [0.5, 0.6) is 0 Å². The summed E-state index contributed by atoms with van der Waals surface area (Å²) in [6, 6.07) is 16.5. The number of aromatic amines is 1. The predicted octanol–water partition coefficient (Wildman–Crippen LogP) is 4.09. The van der Waals surface area contributed by atoms with Crippen molar-refractivity contribution in [2.75, 3.05) is 0 Å². The summed E-state index contributed by atoms with van der Waals surface area (Å²) in [5.41, 5.74) is 4.27. The van der Waals surface area contributed by atoms with Gasteiger partial charge in [0.25, 0.3) is 11.4 Å². The Kier molecular flexibility index (Phi) is 8.33. The Morgan fingerprint density at radius 1 is 0.964 bits per heavy atom. The molecular weight excluding hydrogens is 340 g/mol. The van der Waals surface area contributed by atoms with Crippen LogP contribution in [-0.2, 0) is 6.54 Å². The second kappa shape index (κ2) is 11.2. The largest absolute Gasteiger partial charge is 0.257 e. The number of nitrogens with zero attached hydrogens (tertiary/aromatic N) is 1. The Hall–Kier alpha value is -3.54. The molecule has 0 radical (unpaired) electrons. The minimum Gasteiger partial charge on any atom is -0.204 e. The molecule has 0 aliphatic carbocycles. The molecule has 1 N–H and O–H groups in total. The van der Waals surface area contributed by atoms with Crippen molar-refractivity contribution in [3.05, 3.63) is 71.7 Å². The zero-order valence-corrected chi connectivity index (χ0v) is 16.6. The van der Waals surface area contributed by atoms with Crippen molar-refractivity contribution in [3.8, 4) is 36.5 Å². The van der Waals surface area contributed by atoms with E-state index < -0.39 is 0 Å². The van der Waals surface area contributed by atoms with Crippen molar-refractivity contribution in [1.82, 2.24) is 0 Å². The molecule has 1 aromatic carbocycles. The normalized spacial score (nSPS) is 9.29. The number of fused-ring (bicyclic) bond motifs is 1. The van der Waals surface area contributed by atoms with Gasteiger partial charge in [-0.1, -0.05) is 18.6 Å². The molecule has 2 aromatic heterocycles. The molecule has 28 heavy (non-hydrogen) atoms. The molecule has 0 saturated heterocycles. The Labute approximate surface area is 168 Å². The molecule has 0 atom stereocenters. The van der Waals surface area contributed by atoms with E-state index in [1.54, 1.807) is 0 Å². The highest BCUT2D eigenvalue weighted by atomic mass is 15.0. The van der Waals surface area contributed by atoms with Gasteiger partial charge >= 0.3 is 0 Å². The summed E-state index contributed by atoms with van der Waals surface area (Å²) in [4.78, 5) is 3.13. The number of unbranched alkanes of at least 4 members (excludes halogenated alkanes) is 1. The van der Waals surface area contributed by atoms with E-state index in [1.807, 2.05) is 24.4 Å². The topological polar surface area (TPSA) is 18.0 Å². The molecule has 0 bridgehead atoms. The second-order valence-corrected chi connectivity index (χ2v) is 6.37. The van der Waals surface area contributed by atoms with E-state index in [2.05, 4.69) is 77.4 Å². The molecular formula is C26H26N2+2. The monoisotopic (exact) mass is 366 g/mol. The lowest BCUT2D eigenvalue weighted by Gasteiger charge is -2.03. The molecule has 2 heteroatoms. The van der Waals surface area contributed by atoms with Crippen LogP contribution in [0.25, 0.3) is 10.9 Å². The molecule has 138 valence electrons. The fraction of sp³-hybridized carbons (Fsp3) is 0.231. The lowest BCUT2D eigenvalue weighted by Crippen LogP contribution is -2.38. The van der Waals surface area contributed by atoms with E-state index in [9.17, 15) is 0 Å². The third-order valence-electron chi connectivity index (χ3n) is 4.09. The maximum absolute atomic E-state index is 5.46. The molecule has 0 aliphatic heterocycles. The van der Waals surface area contributed by atoms with Crippen molar-refractivity contribution < 1.29 is 9.55 Å². The molecule has 2 heterocycles. The lowest BCUT2D eigenvalue weighted by molar-refractivity contribution is -0.672. The van der Waals surface area contributed by atoms with Crippen molar-refractivity contribution in [1.29, 1.82) is 0 Å². The SMILES string of the molecule is C#CCCC.C#CCC[n+]1c(C#Cc2cccc[nH+]2)ccc2cc(C)ccc21. The first-order chi connectivity index (χ1) is 13.7. The quantitative estimate of drug-likeness (QED) is 0.491. The van der Waals surface area contributed by atoms with E-state index in [0.717, 1.165) is 36.3 Å². The van der Waals surface area contributed by atoms with Gasteiger partial charge < -0.3 is 0 Å². The molecule has 0 aliphatic rings. The van der Waals surface area contributed by atoms with Gasteiger partial charge in [-0.05, 0) is 31.5 Å². The van der Waals surface area contributed by atoms with Crippen LogP contribution in [0.2, 0.25) is 0 Å². The summed E-state index contributed by atoms with van der Waals surface area (Å²) in [5.74, 6) is 11.7. The van der Waals surface area contributed by atoms with Crippen LogP contribution in [0, 0.1) is 43.5 Å². The number of H-pyrrole nitrogens is 1. The summed E-state index contributed by atoms with van der Waals surface area (Å²) in [7, 11) is 0. The smallest absolute Gasteiger partial charge is 0.204 e. The number of pyridine rings is 2. The Bertz CT molecular complexity index is 1060. The lowest BCUT2D eigenvalue weighted by atomic mass is 10.1. The van der Waals surface area contributed by atoms with Crippen LogP contribution >= 0.6 is 0 Å². The fourth-order valence-corrected chi connectivity index (χ4v) is 2.71. The minimum atomic E-state index is 0.684. The number of aromatic nitrogens is 2. The van der Waals surface area contributed by atoms with Gasteiger partial charge in [0.1, 0.15) is 0 Å². The number of nitrogens with one attached hydrogen (secondary N) is 1. The van der Waals surface area contributed by atoms with Crippen molar-refractivity contribution in [2.45, 2.75) is 39.7 Å². The van der Waals surface area contributed by atoms with Crippen LogP contribution < -0.4 is 9.55 Å². The van der Waals surface area contributed by atoms with Gasteiger partial charge in [0.2, 0.25) is 5.52 Å². The van der Waals surface area contributed by atoms with Crippen molar-refractivity contribution in [2.24, 2.45) is 0 Å². The molecule has 3 aromatic rings. The summed E-state index contributed by atoms with van der Waals surface area (Å²) >= 11 is 0. The fourth-order valence-electron chi connectivity index (χ4n) is 2.71. The highest BCUT2D eigenvalue weighted by molar-refractivity contribution is 5.76. The van der Waals surface area contributed by atoms with Gasteiger partial charge in [-0.2, -0.15) is 4.57 Å². The van der Waals surface area contributed by atoms with E-state index in [-0.39, 0.29) is 0 Å². The summed E-state index contributed by atoms with van der Waals surface area (Å²) in [6.07, 6.45) is 14.9. The molecule has 0 unspecified atom stereocenters. The molecule has 3 rings (SSSR count). The van der Waals surface area contributed by atoms with E-state index in [1.165, 1.54) is 10.9 Å². The second-order valence-electron chi connectivity index (χ2n) is 6.37. The van der Waals surface area contributed by atoms with Crippen molar-refractivity contribution >= 4 is 10.9 Å². The molecule has 0 spiro atoms. The van der Waals surface area contributed by atoms with Crippen LogP contribution in [0.1, 0.15) is 43.1 Å². The van der Waals surface area contributed by atoms with Crippen molar-refractivity contribution in [3.63, 3.8) is 0 Å². The Morgan fingerprint density at radius 2 is 1.79 bits per heavy atom. The number of hydrogen-bond acceptors (Lipinski definition) is 0. The maximum atomic E-state index is 5.46. The molecule has 0 fully saturated rings. The zero-order chi connectivity index (χ0) is 20.2. The van der Waals surface area contributed by atoms with Gasteiger partial charge in [0.15, 0.2) is 12.7 Å². The van der Waals surface area contributed by atoms with Crippen LogP contribution in [-0.4, -0.2) is 0 Å². The molecule has 2 nitrogen and oxygen atoms in total. The standard InChI is InChI=1S/C21H17N2.C5H8/c1-3-4-15-23-20(12-10-19-7-5-6-14-22-19)11-9-18-16-17(2)8-13-21(18)23;1-3-5-4-2/h1,5-9,11,13-14,16H,4,15H2,2H3;1H,4-5H2,2H3/q+1;/p+1. The Morgan fingerprint density at radius 3 is 2.43 bits per heavy atom. The van der Waals surface area contributed by atoms with Gasteiger partial charge in [0, 0.05) is 47.9 Å². The summed E-state index contributed by atoms with van der Waals surface area (Å²) in [5, 5.41) is 1.21. The first-order valence-electron chi connectivity index (χ1n) is 9.48. The zero-order valence-electron chi connectivity index (χ0n) is 16.6. The van der Waals surface area contributed by atoms with Crippen LogP contribution in [0.4, 0.5) is 0 Å². The number of terminal acetylenes is 2. The van der Waals surface area contributed by atoms with Crippen LogP contribution in [0.3, 0.4) is 0 Å². The number of benzene rings is 1. The van der Waals surface area contributed by atoms with Gasteiger partial charge in [-0.25, -0.2) is 4.98 Å². The summed E-state index contributed by atoms with van der Waals surface area (Å²) < 4.78 is 2.20. The molecule has 0 saturated carbocycles. The maximum Gasteiger partial charge on any atom is 0.257 e. The molecule has 0 amide bonds. The minimum absolute atomic E-state index is 0.684. The van der Waals surface area contributed by atoms with Gasteiger partial charge in [-0.3, -0.25) is 0 Å². The first kappa shape index (κ1) is 20.8. The summed E-state index contributed by atoms with van der Waals surface area (Å²) in [6.45, 7) is 4.93. The Balaban J connectivity index is 0.000000500. The average Bonchev–Trinajstić information content (AvgIpc) is 2.72. The third-order valence-corrected chi connectivity index (χ3v) is 4.09. The van der Waals surface area contributed by atoms with E-state index in [0.29, 0.717) is 6.42 Å². The number of rotatable bonds is 3. The average molecular weight is 367 g/mol. The highest BCUT2D eigenvalue weighted by Crippen LogP contribution is 2.13. The van der Waals surface area contributed by atoms with Gasteiger partial charge in [-0.15, -0.1) is 24.7 Å². The third kappa shape index (κ3) is 6.02.